The first-order valence-corrected chi connectivity index (χ1v) is 22.0. The predicted molar refractivity (Wildman–Crippen MR) is 268 cm³/mol. The Hall–Kier alpha value is -9.81. The van der Waals surface area contributed by atoms with E-state index >= 15 is 14.4 Å². The van der Waals surface area contributed by atoms with Crippen LogP contribution in [0.25, 0.3) is 33.8 Å². The quantitative estimate of drug-likeness (QED) is 0.117. The van der Waals surface area contributed by atoms with Gasteiger partial charge in [0.25, 0.3) is 0 Å². The number of pyridine rings is 3. The van der Waals surface area contributed by atoms with Crippen molar-refractivity contribution in [1.29, 1.82) is 0 Å². The van der Waals surface area contributed by atoms with Gasteiger partial charge in [-0.2, -0.15) is 15.0 Å². The van der Waals surface area contributed by atoms with Crippen molar-refractivity contribution < 1.29 is 14.4 Å². The standard InChI is InChI=1S/C57H39N9O3/c67-55(64(43-16-4-1-5-17-43)46-31-25-40(26-32-46)49-22-10-13-37-58-49)52-61-53(56(68)65(44-18-6-2-7-19-44)47-33-27-41(28-34-47)50-23-11-14-38-59-50)63-54(62-52)57(69)66(45-20-8-3-9-21-45)48-35-29-42(30-36-48)51-24-12-15-39-60-51/h1-39H. The van der Waals surface area contributed by atoms with Crippen LogP contribution in [0.4, 0.5) is 34.1 Å². The minimum atomic E-state index is -0.714. The van der Waals surface area contributed by atoms with Gasteiger partial charge in [0.1, 0.15) is 0 Å². The van der Waals surface area contributed by atoms with Gasteiger partial charge in [0.2, 0.25) is 17.5 Å². The third-order valence-electron chi connectivity index (χ3n) is 11.1. The van der Waals surface area contributed by atoms with Crippen molar-refractivity contribution in [3.8, 4) is 33.8 Å². The zero-order valence-electron chi connectivity index (χ0n) is 36.8. The predicted octanol–water partition coefficient (Wildman–Crippen LogP) is 12.0. The van der Waals surface area contributed by atoms with Crippen LogP contribution < -0.4 is 14.7 Å². The van der Waals surface area contributed by atoms with Crippen molar-refractivity contribution in [1.82, 2.24) is 29.9 Å². The van der Waals surface area contributed by atoms with Gasteiger partial charge in [-0.15, -0.1) is 0 Å². The average molecular weight is 898 g/mol. The molecule has 0 spiro atoms. The first-order valence-electron chi connectivity index (χ1n) is 22.0. The van der Waals surface area contributed by atoms with Crippen LogP contribution >= 0.6 is 0 Å². The van der Waals surface area contributed by atoms with E-state index in [9.17, 15) is 0 Å². The van der Waals surface area contributed by atoms with E-state index in [4.69, 9.17) is 0 Å². The number of para-hydroxylation sites is 3. The molecular weight excluding hydrogens is 859 g/mol. The summed E-state index contributed by atoms with van der Waals surface area (Å²) >= 11 is 0. The van der Waals surface area contributed by atoms with E-state index in [-0.39, 0.29) is 0 Å². The molecule has 0 N–H and O–H groups in total. The number of carbonyl (C=O) groups is 3. The largest absolute Gasteiger partial charge is 0.300 e. The fraction of sp³-hybridized carbons (Fsp3) is 0. The van der Waals surface area contributed by atoms with Crippen LogP contribution in [0.5, 0.6) is 0 Å². The molecule has 10 aromatic rings. The normalized spacial score (nSPS) is 10.8. The number of rotatable bonds is 12. The van der Waals surface area contributed by atoms with Crippen LogP contribution in [0.15, 0.2) is 237 Å². The maximum atomic E-state index is 15.3. The number of nitrogens with zero attached hydrogens (tertiary/aromatic N) is 9. The number of anilines is 6. The van der Waals surface area contributed by atoms with Crippen molar-refractivity contribution in [3.05, 3.63) is 254 Å². The Balaban J connectivity index is 1.12. The van der Waals surface area contributed by atoms with Crippen LogP contribution in [0.3, 0.4) is 0 Å². The van der Waals surface area contributed by atoms with E-state index in [1.807, 2.05) is 146 Å². The summed E-state index contributed by atoms with van der Waals surface area (Å²) < 4.78 is 0. The summed E-state index contributed by atoms with van der Waals surface area (Å²) in [5.74, 6) is -3.46. The molecule has 6 aromatic carbocycles. The van der Waals surface area contributed by atoms with Gasteiger partial charge in [0.05, 0.1) is 17.1 Å². The summed E-state index contributed by atoms with van der Waals surface area (Å²) in [6.07, 6.45) is 5.15. The van der Waals surface area contributed by atoms with Gasteiger partial charge in [-0.05, 0) is 109 Å². The van der Waals surface area contributed by atoms with Crippen molar-refractivity contribution in [2.24, 2.45) is 0 Å². The number of aromatic nitrogens is 6. The smallest absolute Gasteiger partial charge is 0.274 e. The van der Waals surface area contributed by atoms with Gasteiger partial charge in [-0.3, -0.25) is 44.0 Å². The third kappa shape index (κ3) is 9.35. The van der Waals surface area contributed by atoms with E-state index in [1.165, 1.54) is 14.7 Å². The van der Waals surface area contributed by atoms with Gasteiger partial charge in [-0.1, -0.05) is 109 Å². The molecule has 12 nitrogen and oxygen atoms in total. The summed E-state index contributed by atoms with van der Waals surface area (Å²) in [6.45, 7) is 0. The Morgan fingerprint density at radius 1 is 0.261 bits per heavy atom. The van der Waals surface area contributed by atoms with Crippen LogP contribution in [-0.2, 0) is 0 Å². The second-order valence-electron chi connectivity index (χ2n) is 15.5. The molecule has 0 bridgehead atoms. The lowest BCUT2D eigenvalue weighted by atomic mass is 10.1. The number of benzene rings is 6. The Morgan fingerprint density at radius 2 is 0.493 bits per heavy atom. The zero-order chi connectivity index (χ0) is 46.9. The van der Waals surface area contributed by atoms with E-state index in [1.54, 1.807) is 91.4 Å². The van der Waals surface area contributed by atoms with E-state index in [0.29, 0.717) is 34.1 Å². The van der Waals surface area contributed by atoms with Crippen molar-refractivity contribution in [3.63, 3.8) is 0 Å². The maximum Gasteiger partial charge on any atom is 0.300 e. The van der Waals surface area contributed by atoms with Crippen LogP contribution in [-0.4, -0.2) is 47.6 Å². The second-order valence-corrected chi connectivity index (χ2v) is 15.5. The van der Waals surface area contributed by atoms with Crippen molar-refractivity contribution in [2.75, 3.05) is 14.7 Å². The SMILES string of the molecule is O=C(c1nc(C(=O)N(c2ccccc2)c2ccc(-c3ccccn3)cc2)nc(C(=O)N(c2ccccc2)c2ccc(-c3ccccn3)cc2)n1)N(c1ccccc1)c1ccc(-c2ccccn2)cc1. The molecule has 4 heterocycles. The fourth-order valence-electron chi connectivity index (χ4n) is 7.79. The monoisotopic (exact) mass is 897 g/mol. The maximum absolute atomic E-state index is 15.3. The Morgan fingerprint density at radius 3 is 0.725 bits per heavy atom. The summed E-state index contributed by atoms with van der Waals surface area (Å²) in [5.41, 5.74) is 7.69. The highest BCUT2D eigenvalue weighted by atomic mass is 16.2. The third-order valence-corrected chi connectivity index (χ3v) is 11.1. The molecule has 0 aliphatic rings. The second kappa shape index (κ2) is 19.7. The van der Waals surface area contributed by atoms with Crippen LogP contribution in [0.2, 0.25) is 0 Å². The first kappa shape index (κ1) is 43.1. The molecule has 0 aliphatic carbocycles. The van der Waals surface area contributed by atoms with Gasteiger partial charge >= 0.3 is 17.7 Å². The average Bonchev–Trinajstić information content (AvgIpc) is 3.43. The first-order chi connectivity index (χ1) is 34.0. The molecule has 0 radical (unpaired) electrons. The zero-order valence-corrected chi connectivity index (χ0v) is 36.8. The lowest BCUT2D eigenvalue weighted by molar-refractivity contribution is 0.0976. The summed E-state index contributed by atoms with van der Waals surface area (Å²) in [4.78, 5) is 77.6. The van der Waals surface area contributed by atoms with Crippen molar-refractivity contribution >= 4 is 51.8 Å². The molecule has 0 fully saturated rings. The number of carbonyl (C=O) groups excluding carboxylic acids is 3. The lowest BCUT2D eigenvalue weighted by Gasteiger charge is -2.25. The minimum Gasteiger partial charge on any atom is -0.274 e. The Labute approximate surface area is 397 Å². The highest BCUT2D eigenvalue weighted by Gasteiger charge is 2.32. The topological polar surface area (TPSA) is 138 Å². The number of hydrogen-bond donors (Lipinski definition) is 0. The van der Waals surface area contributed by atoms with E-state index < -0.39 is 35.2 Å². The molecule has 69 heavy (non-hydrogen) atoms. The van der Waals surface area contributed by atoms with E-state index in [0.717, 1.165) is 33.8 Å². The van der Waals surface area contributed by atoms with E-state index in [2.05, 4.69) is 29.9 Å². The highest BCUT2D eigenvalue weighted by Crippen LogP contribution is 2.33. The lowest BCUT2D eigenvalue weighted by Crippen LogP contribution is -2.35. The van der Waals surface area contributed by atoms with Gasteiger partial charge in [0.15, 0.2) is 0 Å². The molecule has 10 rings (SSSR count). The summed E-state index contributed by atoms with van der Waals surface area (Å²) in [5, 5.41) is 0. The molecule has 4 aromatic heterocycles. The molecule has 0 unspecified atom stereocenters. The summed E-state index contributed by atoms with van der Waals surface area (Å²) in [7, 11) is 0. The molecule has 0 aliphatic heterocycles. The van der Waals surface area contributed by atoms with Gasteiger partial charge < -0.3 is 0 Å². The molecule has 330 valence electrons. The van der Waals surface area contributed by atoms with Gasteiger partial charge in [0, 0.05) is 69.4 Å². The molecular formula is C57H39N9O3. The Kier molecular flexibility index (Phi) is 12.3. The van der Waals surface area contributed by atoms with Gasteiger partial charge in [-0.25, -0.2) is 0 Å². The summed E-state index contributed by atoms with van der Waals surface area (Å²) in [6, 6.07) is 66.0. The molecule has 0 saturated heterocycles. The molecule has 3 amide bonds. The molecule has 12 heteroatoms. The van der Waals surface area contributed by atoms with Crippen molar-refractivity contribution in [2.45, 2.75) is 0 Å². The molecule has 0 atom stereocenters. The van der Waals surface area contributed by atoms with Crippen LogP contribution in [0, 0.1) is 0 Å². The van der Waals surface area contributed by atoms with Crippen LogP contribution in [0.1, 0.15) is 31.9 Å². The Bertz CT molecular complexity index is 2980. The highest BCUT2D eigenvalue weighted by molar-refractivity contribution is 6.14. The molecule has 0 saturated carbocycles. The minimum absolute atomic E-state index is 0.439. The number of amides is 3. The number of hydrogen-bond acceptors (Lipinski definition) is 9. The fourth-order valence-corrected chi connectivity index (χ4v) is 7.79.